The predicted octanol–water partition coefficient (Wildman–Crippen LogP) is 2.71. The fourth-order valence-electron chi connectivity index (χ4n) is 2.92. The monoisotopic (exact) mass is 284 g/mol. The van der Waals surface area contributed by atoms with Gasteiger partial charge in [0.1, 0.15) is 0 Å². The highest BCUT2D eigenvalue weighted by molar-refractivity contribution is 5.97. The van der Waals surface area contributed by atoms with Gasteiger partial charge in [0, 0.05) is 18.7 Å². The molecule has 21 heavy (non-hydrogen) atoms. The van der Waals surface area contributed by atoms with E-state index in [4.69, 9.17) is 5.73 Å². The smallest absolute Gasteiger partial charge is 0.255 e. The maximum absolute atomic E-state index is 12.8. The van der Waals surface area contributed by atoms with E-state index >= 15 is 0 Å². The Morgan fingerprint density at radius 2 is 2.05 bits per heavy atom. The molecule has 3 heteroatoms. The summed E-state index contributed by atoms with van der Waals surface area (Å²) in [6, 6.07) is 6.18. The highest BCUT2D eigenvalue weighted by Crippen LogP contribution is 2.23. The second-order valence-electron chi connectivity index (χ2n) is 5.76. The van der Waals surface area contributed by atoms with Gasteiger partial charge in [-0.2, -0.15) is 0 Å². The lowest BCUT2D eigenvalue weighted by molar-refractivity contribution is 0.0696. The molecule has 1 amide bonds. The van der Waals surface area contributed by atoms with Crippen molar-refractivity contribution >= 4 is 5.91 Å². The quantitative estimate of drug-likeness (QED) is 0.849. The first-order valence-corrected chi connectivity index (χ1v) is 7.70. The minimum absolute atomic E-state index is 0.0724. The molecule has 0 aromatic heterocycles. The van der Waals surface area contributed by atoms with Crippen molar-refractivity contribution in [1.29, 1.82) is 0 Å². The normalized spacial score (nSPS) is 15.2. The summed E-state index contributed by atoms with van der Waals surface area (Å²) < 4.78 is 0. The summed E-state index contributed by atoms with van der Waals surface area (Å²) in [7, 11) is 1.91. The van der Waals surface area contributed by atoms with Crippen molar-refractivity contribution in [3.05, 3.63) is 34.9 Å². The van der Waals surface area contributed by atoms with Crippen molar-refractivity contribution in [2.45, 2.75) is 45.1 Å². The number of hydrogen-bond donors (Lipinski definition) is 1. The third-order valence-corrected chi connectivity index (χ3v) is 4.17. The molecule has 0 bridgehead atoms. The first-order valence-electron chi connectivity index (χ1n) is 7.70. The van der Waals surface area contributed by atoms with Crippen molar-refractivity contribution in [2.75, 3.05) is 13.6 Å². The van der Waals surface area contributed by atoms with E-state index in [0.29, 0.717) is 18.2 Å². The van der Waals surface area contributed by atoms with Gasteiger partial charge in [0.25, 0.3) is 5.91 Å². The molecule has 1 fully saturated rings. The summed E-state index contributed by atoms with van der Waals surface area (Å²) in [4.78, 5) is 14.7. The molecule has 0 heterocycles. The number of carbonyl (C=O) groups is 1. The van der Waals surface area contributed by atoms with Crippen LogP contribution in [0.5, 0.6) is 0 Å². The standard InChI is InChI=1S/C18H24N2O/c1-14-10-11-17(15(13-14)7-6-12-19)18(21)20(2)16-8-4-3-5-9-16/h10-11,13,16H,3-5,8-9,12,19H2,1-2H3. The average Bonchev–Trinajstić information content (AvgIpc) is 2.52. The Morgan fingerprint density at radius 1 is 1.33 bits per heavy atom. The zero-order valence-electron chi connectivity index (χ0n) is 13.0. The number of benzene rings is 1. The van der Waals surface area contributed by atoms with Gasteiger partial charge in [-0.05, 0) is 37.5 Å². The molecular weight excluding hydrogens is 260 g/mol. The van der Waals surface area contributed by atoms with Crippen LogP contribution in [0.4, 0.5) is 0 Å². The second-order valence-corrected chi connectivity index (χ2v) is 5.76. The lowest BCUT2D eigenvalue weighted by Gasteiger charge is -2.31. The lowest BCUT2D eigenvalue weighted by atomic mass is 9.93. The van der Waals surface area contributed by atoms with E-state index in [-0.39, 0.29) is 5.91 Å². The van der Waals surface area contributed by atoms with Gasteiger partial charge in [0.2, 0.25) is 0 Å². The van der Waals surface area contributed by atoms with E-state index < -0.39 is 0 Å². The number of carbonyl (C=O) groups excluding carboxylic acids is 1. The Hall–Kier alpha value is -1.79. The number of hydrogen-bond acceptors (Lipinski definition) is 2. The maximum Gasteiger partial charge on any atom is 0.255 e. The van der Waals surface area contributed by atoms with Gasteiger partial charge < -0.3 is 10.6 Å². The highest BCUT2D eigenvalue weighted by Gasteiger charge is 2.24. The molecule has 0 saturated heterocycles. The molecule has 1 aliphatic carbocycles. The molecular formula is C18H24N2O. The first-order chi connectivity index (χ1) is 10.1. The van der Waals surface area contributed by atoms with Gasteiger partial charge in [-0.15, -0.1) is 0 Å². The van der Waals surface area contributed by atoms with Gasteiger partial charge in [0.05, 0.1) is 12.1 Å². The van der Waals surface area contributed by atoms with Crippen LogP contribution >= 0.6 is 0 Å². The van der Waals surface area contributed by atoms with E-state index in [1.165, 1.54) is 19.3 Å². The Morgan fingerprint density at radius 3 is 2.71 bits per heavy atom. The largest absolute Gasteiger partial charge is 0.339 e. The van der Waals surface area contributed by atoms with E-state index in [1.807, 2.05) is 37.1 Å². The van der Waals surface area contributed by atoms with Crippen LogP contribution in [0.3, 0.4) is 0 Å². The highest BCUT2D eigenvalue weighted by atomic mass is 16.2. The van der Waals surface area contributed by atoms with E-state index in [2.05, 4.69) is 11.8 Å². The van der Waals surface area contributed by atoms with Gasteiger partial charge in [0.15, 0.2) is 0 Å². The van der Waals surface area contributed by atoms with Crippen molar-refractivity contribution in [1.82, 2.24) is 4.90 Å². The van der Waals surface area contributed by atoms with Crippen LogP contribution in [0, 0.1) is 18.8 Å². The lowest BCUT2D eigenvalue weighted by Crippen LogP contribution is -2.38. The van der Waals surface area contributed by atoms with Crippen molar-refractivity contribution < 1.29 is 4.79 Å². The molecule has 0 radical (unpaired) electrons. The number of nitrogens with two attached hydrogens (primary N) is 1. The molecule has 3 nitrogen and oxygen atoms in total. The van der Waals surface area contributed by atoms with Crippen LogP contribution in [-0.4, -0.2) is 30.4 Å². The van der Waals surface area contributed by atoms with Gasteiger partial charge in [-0.25, -0.2) is 0 Å². The fourth-order valence-corrected chi connectivity index (χ4v) is 2.92. The summed E-state index contributed by atoms with van der Waals surface area (Å²) >= 11 is 0. The number of aryl methyl sites for hydroxylation is 1. The fraction of sp³-hybridized carbons (Fsp3) is 0.500. The SMILES string of the molecule is Cc1ccc(C(=O)N(C)C2CCCCC2)c(C#CCN)c1. The molecule has 1 aromatic rings. The molecule has 112 valence electrons. The van der Waals surface area contributed by atoms with Crippen LogP contribution in [-0.2, 0) is 0 Å². The summed E-state index contributed by atoms with van der Waals surface area (Å²) in [6.45, 7) is 2.31. The molecule has 1 aromatic carbocycles. The Bertz CT molecular complexity index is 562. The van der Waals surface area contributed by atoms with Crippen molar-refractivity contribution in [2.24, 2.45) is 5.73 Å². The molecule has 0 aliphatic heterocycles. The predicted molar refractivity (Wildman–Crippen MR) is 86.1 cm³/mol. The maximum atomic E-state index is 12.8. The number of amides is 1. The van der Waals surface area contributed by atoms with Gasteiger partial charge >= 0.3 is 0 Å². The van der Waals surface area contributed by atoms with Crippen LogP contribution in [0.15, 0.2) is 18.2 Å². The van der Waals surface area contributed by atoms with Crippen molar-refractivity contribution in [3.8, 4) is 11.8 Å². The zero-order chi connectivity index (χ0) is 15.2. The summed E-state index contributed by atoms with van der Waals surface area (Å²) in [6.07, 6.45) is 5.94. The third kappa shape index (κ3) is 3.86. The molecule has 0 spiro atoms. The van der Waals surface area contributed by atoms with Crippen LogP contribution < -0.4 is 5.73 Å². The third-order valence-electron chi connectivity index (χ3n) is 4.17. The Balaban J connectivity index is 2.25. The summed E-state index contributed by atoms with van der Waals surface area (Å²) in [5, 5.41) is 0. The molecule has 1 aliphatic rings. The van der Waals surface area contributed by atoms with Crippen LogP contribution in [0.25, 0.3) is 0 Å². The Kier molecular flexibility index (Phi) is 5.41. The van der Waals surface area contributed by atoms with Crippen LogP contribution in [0.2, 0.25) is 0 Å². The molecule has 0 unspecified atom stereocenters. The van der Waals surface area contributed by atoms with E-state index in [0.717, 1.165) is 24.0 Å². The average molecular weight is 284 g/mol. The van der Waals surface area contributed by atoms with Gasteiger partial charge in [-0.1, -0.05) is 37.2 Å². The number of nitrogens with zero attached hydrogens (tertiary/aromatic N) is 1. The Labute approximate surface area is 127 Å². The molecule has 2 rings (SSSR count). The molecule has 1 saturated carbocycles. The minimum atomic E-state index is 0.0724. The molecule has 2 N–H and O–H groups in total. The summed E-state index contributed by atoms with van der Waals surface area (Å²) in [5.74, 6) is 5.95. The van der Waals surface area contributed by atoms with Crippen LogP contribution in [0.1, 0.15) is 53.6 Å². The van der Waals surface area contributed by atoms with Gasteiger partial charge in [-0.3, -0.25) is 4.79 Å². The minimum Gasteiger partial charge on any atom is -0.339 e. The zero-order valence-corrected chi connectivity index (χ0v) is 13.0. The summed E-state index contributed by atoms with van der Waals surface area (Å²) in [5.41, 5.74) is 8.03. The number of rotatable bonds is 2. The van der Waals surface area contributed by atoms with E-state index in [9.17, 15) is 4.79 Å². The first kappa shape index (κ1) is 15.6. The topological polar surface area (TPSA) is 46.3 Å². The molecule has 0 atom stereocenters. The second kappa shape index (κ2) is 7.28. The van der Waals surface area contributed by atoms with E-state index in [1.54, 1.807) is 0 Å². The van der Waals surface area contributed by atoms with Crippen molar-refractivity contribution in [3.63, 3.8) is 0 Å².